The first kappa shape index (κ1) is 56.4. The molecule has 0 radical (unpaired) electrons. The molecule has 0 atom stereocenters. The van der Waals surface area contributed by atoms with Gasteiger partial charge in [0, 0.05) is 28.4 Å². The molecular formula is C50H96B2O8. The van der Waals surface area contributed by atoms with Crippen molar-refractivity contribution in [3.63, 3.8) is 0 Å². The SMILES string of the molecule is CCCCCCCCCCOc1c(OCCCCCCCCCC)c(B(OC)OC)c(OCCCCCCCCCC)c(OCCCCCCCCCC)c1B(OC)OC. The fourth-order valence-corrected chi connectivity index (χ4v) is 8.00. The predicted molar refractivity (Wildman–Crippen MR) is 258 cm³/mol. The molecule has 0 aromatic heterocycles. The quantitative estimate of drug-likeness (QED) is 0.0474. The molecule has 0 spiro atoms. The van der Waals surface area contributed by atoms with Crippen molar-refractivity contribution < 1.29 is 37.6 Å². The van der Waals surface area contributed by atoms with Gasteiger partial charge < -0.3 is 37.6 Å². The van der Waals surface area contributed by atoms with Gasteiger partial charge in [-0.15, -0.1) is 0 Å². The Bertz CT molecular complexity index is 933. The van der Waals surface area contributed by atoms with E-state index in [-0.39, 0.29) is 0 Å². The van der Waals surface area contributed by atoms with Gasteiger partial charge in [0.2, 0.25) is 0 Å². The van der Waals surface area contributed by atoms with Crippen LogP contribution in [0, 0.1) is 0 Å². The molecular weight excluding hydrogens is 750 g/mol. The monoisotopic (exact) mass is 847 g/mol. The van der Waals surface area contributed by atoms with Crippen molar-refractivity contribution in [1.29, 1.82) is 0 Å². The normalized spacial score (nSPS) is 11.3. The van der Waals surface area contributed by atoms with E-state index in [1.807, 2.05) is 0 Å². The average molecular weight is 847 g/mol. The number of ether oxygens (including phenoxy) is 4. The summed E-state index contributed by atoms with van der Waals surface area (Å²) in [4.78, 5) is 0. The molecule has 0 bridgehead atoms. The minimum atomic E-state index is -0.763. The van der Waals surface area contributed by atoms with Gasteiger partial charge in [0.15, 0.2) is 23.0 Å². The highest BCUT2D eigenvalue weighted by Crippen LogP contribution is 2.39. The average Bonchev–Trinajstić information content (AvgIpc) is 3.26. The van der Waals surface area contributed by atoms with Crippen LogP contribution in [0.5, 0.6) is 23.0 Å². The third kappa shape index (κ3) is 25.5. The van der Waals surface area contributed by atoms with Crippen LogP contribution in [0.15, 0.2) is 0 Å². The number of hydrogen-bond donors (Lipinski definition) is 0. The van der Waals surface area contributed by atoms with Crippen LogP contribution in [0.4, 0.5) is 0 Å². The fourth-order valence-electron chi connectivity index (χ4n) is 8.00. The largest absolute Gasteiger partial charge is 0.501 e. The maximum atomic E-state index is 6.86. The van der Waals surface area contributed by atoms with E-state index in [1.165, 1.54) is 154 Å². The molecule has 1 aromatic rings. The molecule has 1 aromatic carbocycles. The topological polar surface area (TPSA) is 73.8 Å². The first-order valence-corrected chi connectivity index (χ1v) is 25.5. The summed E-state index contributed by atoms with van der Waals surface area (Å²) in [5.41, 5.74) is 1.34. The van der Waals surface area contributed by atoms with Crippen molar-refractivity contribution in [1.82, 2.24) is 0 Å². The summed E-state index contributed by atoms with van der Waals surface area (Å²) >= 11 is 0. The Labute approximate surface area is 372 Å². The molecule has 0 aliphatic heterocycles. The highest BCUT2D eigenvalue weighted by molar-refractivity contribution is 6.67. The Balaban J connectivity index is 3.62. The maximum Gasteiger partial charge on any atom is 0.501 e. The Kier molecular flexibility index (Phi) is 38.9. The number of benzene rings is 1. The van der Waals surface area contributed by atoms with Crippen molar-refractivity contribution in [3.05, 3.63) is 0 Å². The van der Waals surface area contributed by atoms with Gasteiger partial charge in [-0.3, -0.25) is 0 Å². The van der Waals surface area contributed by atoms with Crippen molar-refractivity contribution in [2.45, 2.75) is 233 Å². The lowest BCUT2D eigenvalue weighted by Gasteiger charge is -2.28. The fraction of sp³-hybridized carbons (Fsp3) is 0.880. The lowest BCUT2D eigenvalue weighted by Crippen LogP contribution is -2.43. The van der Waals surface area contributed by atoms with Crippen LogP contribution in [0.1, 0.15) is 233 Å². The third-order valence-electron chi connectivity index (χ3n) is 11.7. The van der Waals surface area contributed by atoms with Crippen LogP contribution in [0.25, 0.3) is 0 Å². The Hall–Kier alpha value is -1.61. The molecule has 60 heavy (non-hydrogen) atoms. The van der Waals surface area contributed by atoms with E-state index in [1.54, 1.807) is 28.4 Å². The van der Waals surface area contributed by atoms with Gasteiger partial charge in [-0.25, -0.2) is 0 Å². The highest BCUT2D eigenvalue weighted by Gasteiger charge is 2.41. The molecule has 0 fully saturated rings. The number of hydrogen-bond acceptors (Lipinski definition) is 8. The maximum absolute atomic E-state index is 6.86. The van der Waals surface area contributed by atoms with E-state index < -0.39 is 14.2 Å². The first-order valence-electron chi connectivity index (χ1n) is 25.5. The summed E-state index contributed by atoms with van der Waals surface area (Å²) in [7, 11) is 5.15. The summed E-state index contributed by atoms with van der Waals surface area (Å²) in [6.07, 6.45) is 39.0. The van der Waals surface area contributed by atoms with Gasteiger partial charge in [0.05, 0.1) is 37.4 Å². The lowest BCUT2D eigenvalue weighted by molar-refractivity contribution is 0.235. The van der Waals surface area contributed by atoms with Crippen LogP contribution in [-0.2, 0) is 18.6 Å². The van der Waals surface area contributed by atoms with Crippen molar-refractivity contribution >= 4 is 25.2 Å². The zero-order valence-corrected chi connectivity index (χ0v) is 40.9. The molecule has 0 N–H and O–H groups in total. The molecule has 0 saturated carbocycles. The summed E-state index contributed by atoms with van der Waals surface area (Å²) in [5.74, 6) is 2.30. The summed E-state index contributed by atoms with van der Waals surface area (Å²) in [6.45, 7) is 11.2. The molecule has 0 heterocycles. The van der Waals surface area contributed by atoms with E-state index in [4.69, 9.17) is 37.6 Å². The van der Waals surface area contributed by atoms with E-state index in [9.17, 15) is 0 Å². The first-order chi connectivity index (χ1) is 29.6. The van der Waals surface area contributed by atoms with Crippen molar-refractivity contribution in [2.24, 2.45) is 0 Å². The molecule has 350 valence electrons. The van der Waals surface area contributed by atoms with Crippen LogP contribution in [0.3, 0.4) is 0 Å². The molecule has 0 unspecified atom stereocenters. The van der Waals surface area contributed by atoms with Gasteiger partial charge >= 0.3 is 14.2 Å². The molecule has 1 rings (SSSR count). The van der Waals surface area contributed by atoms with E-state index in [0.29, 0.717) is 60.4 Å². The summed E-state index contributed by atoms with van der Waals surface area (Å²) in [6, 6.07) is 0. The number of unbranched alkanes of at least 4 members (excludes halogenated alkanes) is 28. The van der Waals surface area contributed by atoms with Gasteiger partial charge in [-0.05, 0) is 25.7 Å². The van der Waals surface area contributed by atoms with Gasteiger partial charge in [-0.2, -0.15) is 0 Å². The highest BCUT2D eigenvalue weighted by atomic mass is 16.6. The van der Waals surface area contributed by atoms with Crippen LogP contribution < -0.4 is 29.9 Å². The van der Waals surface area contributed by atoms with Gasteiger partial charge in [0.1, 0.15) is 0 Å². The molecule has 0 aliphatic rings. The van der Waals surface area contributed by atoms with Crippen LogP contribution in [0.2, 0.25) is 0 Å². The summed E-state index contributed by atoms with van der Waals surface area (Å²) < 4.78 is 51.7. The molecule has 8 nitrogen and oxygen atoms in total. The minimum Gasteiger partial charge on any atom is -0.490 e. The second-order valence-electron chi connectivity index (χ2n) is 17.0. The van der Waals surface area contributed by atoms with Crippen LogP contribution in [-0.4, -0.2) is 69.1 Å². The van der Waals surface area contributed by atoms with Crippen molar-refractivity contribution in [3.8, 4) is 23.0 Å². The zero-order valence-electron chi connectivity index (χ0n) is 40.9. The second kappa shape index (κ2) is 41.4. The van der Waals surface area contributed by atoms with Crippen LogP contribution >= 0.6 is 0 Å². The standard InChI is InChI=1S/C50H96B2O8/c1-9-13-17-21-25-29-33-37-41-57-47-45(51(53-5)54-6)49(59-43-39-35-31-27-23-19-15-11-3)50(60-44-40-36-32-28-24-20-16-12-4)46(52(55-7)56-8)48(47)58-42-38-34-30-26-22-18-14-10-2/h9-44H2,1-8H3. The lowest BCUT2D eigenvalue weighted by atomic mass is 9.70. The number of rotatable bonds is 46. The predicted octanol–water partition coefficient (Wildman–Crippen LogP) is 13.7. The van der Waals surface area contributed by atoms with Crippen molar-refractivity contribution in [2.75, 3.05) is 54.9 Å². The Morgan fingerprint density at radius 1 is 0.250 bits per heavy atom. The van der Waals surface area contributed by atoms with E-state index in [0.717, 1.165) is 51.4 Å². The van der Waals surface area contributed by atoms with Gasteiger partial charge in [0.25, 0.3) is 0 Å². The smallest absolute Gasteiger partial charge is 0.490 e. The molecule has 0 aliphatic carbocycles. The third-order valence-corrected chi connectivity index (χ3v) is 11.7. The molecule has 0 amide bonds. The van der Waals surface area contributed by atoms with Gasteiger partial charge in [-0.1, -0.05) is 207 Å². The molecule has 0 saturated heterocycles. The Morgan fingerprint density at radius 3 is 0.583 bits per heavy atom. The van der Waals surface area contributed by atoms with E-state index >= 15 is 0 Å². The Morgan fingerprint density at radius 2 is 0.417 bits per heavy atom. The second-order valence-corrected chi connectivity index (χ2v) is 17.0. The summed E-state index contributed by atoms with van der Waals surface area (Å²) in [5, 5.41) is 0. The molecule has 10 heteroatoms. The minimum absolute atomic E-state index is 0.538. The zero-order chi connectivity index (χ0) is 43.7. The van der Waals surface area contributed by atoms with E-state index in [2.05, 4.69) is 27.7 Å².